The van der Waals surface area contributed by atoms with E-state index in [2.05, 4.69) is 27.7 Å². The number of amides is 2. The van der Waals surface area contributed by atoms with Gasteiger partial charge in [-0.05, 0) is 54.8 Å². The third-order valence-electron chi connectivity index (χ3n) is 6.21. The Hall–Kier alpha value is -2.64. The van der Waals surface area contributed by atoms with Gasteiger partial charge in [0.05, 0.1) is 0 Å². The highest BCUT2D eigenvalue weighted by atomic mass is 19.1. The SMILES string of the molecule is CN(C(=O)N1CCC(Nc2ccc(F)cc2)CC1)c1ccc(CN2CCNCC2)cc1. The van der Waals surface area contributed by atoms with Gasteiger partial charge in [0.2, 0.25) is 0 Å². The molecule has 2 saturated heterocycles. The van der Waals surface area contributed by atoms with E-state index in [-0.39, 0.29) is 11.8 Å². The summed E-state index contributed by atoms with van der Waals surface area (Å²) in [6, 6.07) is 15.1. The minimum Gasteiger partial charge on any atom is -0.382 e. The van der Waals surface area contributed by atoms with Crippen molar-refractivity contribution in [2.75, 3.05) is 56.5 Å². The first-order valence-corrected chi connectivity index (χ1v) is 11.2. The van der Waals surface area contributed by atoms with Gasteiger partial charge in [-0.3, -0.25) is 9.80 Å². The van der Waals surface area contributed by atoms with Crippen LogP contribution in [0.4, 0.5) is 20.6 Å². The van der Waals surface area contributed by atoms with Crippen molar-refractivity contribution in [2.45, 2.75) is 25.4 Å². The molecule has 0 spiro atoms. The van der Waals surface area contributed by atoms with Gasteiger partial charge in [0.25, 0.3) is 0 Å². The molecule has 2 aromatic carbocycles. The molecule has 2 N–H and O–H groups in total. The van der Waals surface area contributed by atoms with Crippen molar-refractivity contribution in [3.63, 3.8) is 0 Å². The van der Waals surface area contributed by atoms with Crippen molar-refractivity contribution < 1.29 is 9.18 Å². The molecular formula is C24H32FN5O. The molecule has 2 fully saturated rings. The maximum Gasteiger partial charge on any atom is 0.324 e. The number of nitrogens with zero attached hydrogens (tertiary/aromatic N) is 3. The summed E-state index contributed by atoms with van der Waals surface area (Å²) in [7, 11) is 1.84. The number of nitrogens with one attached hydrogen (secondary N) is 2. The van der Waals surface area contributed by atoms with E-state index in [1.54, 1.807) is 17.0 Å². The van der Waals surface area contributed by atoms with Crippen LogP contribution in [-0.4, -0.2) is 68.2 Å². The molecule has 2 amide bonds. The highest BCUT2D eigenvalue weighted by molar-refractivity contribution is 5.91. The summed E-state index contributed by atoms with van der Waals surface area (Å²) in [5, 5.41) is 6.82. The number of hydrogen-bond acceptors (Lipinski definition) is 4. The number of benzene rings is 2. The number of carbonyl (C=O) groups is 1. The molecule has 2 aliphatic rings. The predicted octanol–water partition coefficient (Wildman–Crippen LogP) is 3.36. The molecule has 6 nitrogen and oxygen atoms in total. The lowest BCUT2D eigenvalue weighted by molar-refractivity contribution is 0.191. The molecule has 0 aromatic heterocycles. The topological polar surface area (TPSA) is 50.9 Å². The molecular weight excluding hydrogens is 393 g/mol. The molecule has 7 heteroatoms. The molecule has 2 aromatic rings. The van der Waals surface area contributed by atoms with Crippen LogP contribution in [0.15, 0.2) is 48.5 Å². The molecule has 2 aliphatic heterocycles. The van der Waals surface area contributed by atoms with Crippen LogP contribution in [0.5, 0.6) is 0 Å². The Morgan fingerprint density at radius 3 is 2.32 bits per heavy atom. The first-order valence-electron chi connectivity index (χ1n) is 11.2. The van der Waals surface area contributed by atoms with Crippen molar-refractivity contribution in [1.82, 2.24) is 15.1 Å². The molecule has 0 radical (unpaired) electrons. The lowest BCUT2D eigenvalue weighted by Crippen LogP contribution is -2.47. The van der Waals surface area contributed by atoms with Crippen LogP contribution in [0.1, 0.15) is 18.4 Å². The number of hydrogen-bond donors (Lipinski definition) is 2. The summed E-state index contributed by atoms with van der Waals surface area (Å²) in [4.78, 5) is 19.1. The molecule has 0 bridgehead atoms. The Balaban J connectivity index is 1.26. The first-order chi connectivity index (χ1) is 15.1. The van der Waals surface area contributed by atoms with Gasteiger partial charge in [0, 0.05) is 70.3 Å². The van der Waals surface area contributed by atoms with Crippen LogP contribution in [0.25, 0.3) is 0 Å². The summed E-state index contributed by atoms with van der Waals surface area (Å²) < 4.78 is 13.1. The minimum atomic E-state index is -0.231. The van der Waals surface area contributed by atoms with Crippen molar-refractivity contribution in [3.05, 3.63) is 59.9 Å². The number of anilines is 2. The zero-order valence-electron chi connectivity index (χ0n) is 18.2. The van der Waals surface area contributed by atoms with E-state index >= 15 is 0 Å². The fraction of sp³-hybridized carbons (Fsp3) is 0.458. The van der Waals surface area contributed by atoms with Gasteiger partial charge in [-0.2, -0.15) is 0 Å². The van der Waals surface area contributed by atoms with Crippen LogP contribution in [-0.2, 0) is 6.54 Å². The van der Waals surface area contributed by atoms with E-state index in [1.807, 2.05) is 24.1 Å². The molecule has 0 saturated carbocycles. The third kappa shape index (κ3) is 5.74. The summed E-state index contributed by atoms with van der Waals surface area (Å²) in [6.45, 7) is 6.62. The molecule has 4 rings (SSSR count). The van der Waals surface area contributed by atoms with Gasteiger partial charge in [-0.15, -0.1) is 0 Å². The summed E-state index contributed by atoms with van der Waals surface area (Å²) >= 11 is 0. The van der Waals surface area contributed by atoms with E-state index in [0.29, 0.717) is 19.1 Å². The smallest absolute Gasteiger partial charge is 0.324 e. The van der Waals surface area contributed by atoms with Gasteiger partial charge in [0.1, 0.15) is 5.82 Å². The van der Waals surface area contributed by atoms with Crippen LogP contribution in [0, 0.1) is 5.82 Å². The number of piperidine rings is 1. The van der Waals surface area contributed by atoms with Crippen molar-refractivity contribution in [3.8, 4) is 0 Å². The Morgan fingerprint density at radius 2 is 1.68 bits per heavy atom. The van der Waals surface area contributed by atoms with E-state index in [1.165, 1.54) is 17.7 Å². The number of piperazine rings is 1. The van der Waals surface area contributed by atoms with Gasteiger partial charge in [0.15, 0.2) is 0 Å². The molecule has 166 valence electrons. The number of urea groups is 1. The second kappa shape index (κ2) is 10.1. The number of rotatable bonds is 5. The van der Waals surface area contributed by atoms with Crippen LogP contribution in [0.3, 0.4) is 0 Å². The predicted molar refractivity (Wildman–Crippen MR) is 123 cm³/mol. The lowest BCUT2D eigenvalue weighted by Gasteiger charge is -2.35. The average molecular weight is 426 g/mol. The first kappa shape index (κ1) is 21.6. The average Bonchev–Trinajstić information content (AvgIpc) is 2.81. The van der Waals surface area contributed by atoms with Crippen LogP contribution in [0.2, 0.25) is 0 Å². The minimum absolute atomic E-state index is 0.0371. The molecule has 0 unspecified atom stereocenters. The Bertz CT molecular complexity index is 843. The highest BCUT2D eigenvalue weighted by Gasteiger charge is 2.25. The zero-order valence-corrected chi connectivity index (χ0v) is 18.2. The third-order valence-corrected chi connectivity index (χ3v) is 6.21. The largest absolute Gasteiger partial charge is 0.382 e. The molecule has 0 atom stereocenters. The summed E-state index contributed by atoms with van der Waals surface area (Å²) in [6.07, 6.45) is 1.75. The van der Waals surface area contributed by atoms with Gasteiger partial charge in [-0.25, -0.2) is 9.18 Å². The number of likely N-dealkylation sites (tertiary alicyclic amines) is 1. The quantitative estimate of drug-likeness (QED) is 0.771. The molecule has 31 heavy (non-hydrogen) atoms. The van der Waals surface area contributed by atoms with Crippen LogP contribution < -0.4 is 15.5 Å². The molecule has 2 heterocycles. The maximum absolute atomic E-state index is 13.1. The normalized spacial score (nSPS) is 18.1. The van der Waals surface area contributed by atoms with Gasteiger partial charge >= 0.3 is 6.03 Å². The number of carbonyl (C=O) groups excluding carboxylic acids is 1. The lowest BCUT2D eigenvalue weighted by atomic mass is 10.0. The second-order valence-electron chi connectivity index (χ2n) is 8.45. The summed E-state index contributed by atoms with van der Waals surface area (Å²) in [5.74, 6) is -0.231. The second-order valence-corrected chi connectivity index (χ2v) is 8.45. The Kier molecular flexibility index (Phi) is 7.04. The van der Waals surface area contributed by atoms with Crippen molar-refractivity contribution in [2.24, 2.45) is 0 Å². The Labute approximate surface area is 184 Å². The van der Waals surface area contributed by atoms with Crippen LogP contribution >= 0.6 is 0 Å². The van der Waals surface area contributed by atoms with Gasteiger partial charge in [-0.1, -0.05) is 12.1 Å². The monoisotopic (exact) mass is 425 g/mol. The highest BCUT2D eigenvalue weighted by Crippen LogP contribution is 2.21. The van der Waals surface area contributed by atoms with Crippen molar-refractivity contribution >= 4 is 17.4 Å². The van der Waals surface area contributed by atoms with E-state index in [4.69, 9.17) is 0 Å². The molecule has 0 aliphatic carbocycles. The number of halogens is 1. The van der Waals surface area contributed by atoms with E-state index in [0.717, 1.165) is 56.9 Å². The van der Waals surface area contributed by atoms with Gasteiger partial charge < -0.3 is 15.5 Å². The maximum atomic E-state index is 13.1. The Morgan fingerprint density at radius 1 is 1.03 bits per heavy atom. The summed E-state index contributed by atoms with van der Waals surface area (Å²) in [5.41, 5.74) is 3.11. The standard InChI is InChI=1S/C24H32FN5O/c1-28(23-8-2-19(3-9-23)18-29-16-12-26-13-17-29)24(31)30-14-10-22(11-15-30)27-21-6-4-20(25)5-7-21/h2-9,22,26-27H,10-18H2,1H3. The van der Waals surface area contributed by atoms with E-state index < -0.39 is 0 Å². The zero-order chi connectivity index (χ0) is 21.6. The van der Waals surface area contributed by atoms with Crippen molar-refractivity contribution in [1.29, 1.82) is 0 Å². The van der Waals surface area contributed by atoms with E-state index in [9.17, 15) is 9.18 Å². The fourth-order valence-corrected chi connectivity index (χ4v) is 4.27. The fourth-order valence-electron chi connectivity index (χ4n) is 4.27.